The van der Waals surface area contributed by atoms with Crippen LogP contribution in [0.2, 0.25) is 0 Å². The molecule has 0 fully saturated rings. The van der Waals surface area contributed by atoms with Gasteiger partial charge in [0.15, 0.2) is 0 Å². The number of nitrogens with two attached hydrogens (primary N) is 1. The molecule has 1 aromatic carbocycles. The van der Waals surface area contributed by atoms with E-state index in [-0.39, 0.29) is 12.4 Å². The largest absolute Gasteiger partial charge is 0.469 e. The third-order valence-corrected chi connectivity index (χ3v) is 2.42. The van der Waals surface area contributed by atoms with Gasteiger partial charge in [-0.2, -0.15) is 0 Å². The standard InChI is InChI=1S/C12H13NO3/c1-15-12(14)7-9(13)11-6-8-4-2-3-5-10(8)16-11/h2-6,9H,7,13H2,1H3/t9-/m1/s1. The number of ether oxygens (including phenoxy) is 1. The van der Waals surface area contributed by atoms with Gasteiger partial charge in [0.05, 0.1) is 19.6 Å². The molecule has 1 aromatic heterocycles. The number of furan rings is 1. The molecular weight excluding hydrogens is 206 g/mol. The Labute approximate surface area is 93.0 Å². The highest BCUT2D eigenvalue weighted by Crippen LogP contribution is 2.24. The summed E-state index contributed by atoms with van der Waals surface area (Å²) in [6, 6.07) is 9.01. The second-order valence-corrected chi connectivity index (χ2v) is 3.57. The smallest absolute Gasteiger partial charge is 0.307 e. The third kappa shape index (κ3) is 2.06. The zero-order valence-electron chi connectivity index (χ0n) is 8.97. The molecule has 0 aliphatic carbocycles. The Balaban J connectivity index is 2.23. The Morgan fingerprint density at radius 3 is 2.94 bits per heavy atom. The molecule has 0 radical (unpaired) electrons. The van der Waals surface area contributed by atoms with Gasteiger partial charge in [-0.1, -0.05) is 18.2 Å². The van der Waals surface area contributed by atoms with E-state index in [4.69, 9.17) is 10.2 Å². The average Bonchev–Trinajstić information content (AvgIpc) is 2.72. The van der Waals surface area contributed by atoms with Crippen LogP contribution >= 0.6 is 0 Å². The molecule has 0 amide bonds. The van der Waals surface area contributed by atoms with Crippen molar-refractivity contribution in [2.24, 2.45) is 5.73 Å². The van der Waals surface area contributed by atoms with Crippen molar-refractivity contribution in [2.45, 2.75) is 12.5 Å². The van der Waals surface area contributed by atoms with Crippen LogP contribution in [0.5, 0.6) is 0 Å². The van der Waals surface area contributed by atoms with Crippen LogP contribution < -0.4 is 5.73 Å². The molecule has 0 aliphatic heterocycles. The maximum absolute atomic E-state index is 11.1. The summed E-state index contributed by atoms with van der Waals surface area (Å²) in [5.41, 5.74) is 6.62. The fourth-order valence-electron chi connectivity index (χ4n) is 1.55. The van der Waals surface area contributed by atoms with E-state index in [9.17, 15) is 4.79 Å². The molecule has 1 atom stereocenters. The Bertz CT molecular complexity index is 471. The highest BCUT2D eigenvalue weighted by molar-refractivity contribution is 5.78. The van der Waals surface area contributed by atoms with Gasteiger partial charge >= 0.3 is 5.97 Å². The minimum Gasteiger partial charge on any atom is -0.469 e. The minimum absolute atomic E-state index is 0.121. The first kappa shape index (κ1) is 10.7. The molecule has 0 saturated carbocycles. The van der Waals surface area contributed by atoms with E-state index in [0.717, 1.165) is 11.0 Å². The first-order valence-corrected chi connectivity index (χ1v) is 5.01. The summed E-state index contributed by atoms with van der Waals surface area (Å²) in [6.07, 6.45) is 0.121. The van der Waals surface area contributed by atoms with Crippen molar-refractivity contribution in [2.75, 3.05) is 7.11 Å². The number of para-hydroxylation sites is 1. The molecule has 16 heavy (non-hydrogen) atoms. The molecular formula is C12H13NO3. The van der Waals surface area contributed by atoms with E-state index in [0.29, 0.717) is 5.76 Å². The fraction of sp³-hybridized carbons (Fsp3) is 0.250. The van der Waals surface area contributed by atoms with Gasteiger partial charge in [-0.25, -0.2) is 0 Å². The van der Waals surface area contributed by atoms with Gasteiger partial charge in [-0.3, -0.25) is 4.79 Å². The van der Waals surface area contributed by atoms with Gasteiger partial charge in [0.1, 0.15) is 11.3 Å². The monoisotopic (exact) mass is 219 g/mol. The third-order valence-electron chi connectivity index (χ3n) is 2.42. The van der Waals surface area contributed by atoms with Gasteiger partial charge in [0.2, 0.25) is 0 Å². The number of fused-ring (bicyclic) bond motifs is 1. The lowest BCUT2D eigenvalue weighted by Gasteiger charge is -2.05. The number of carbonyl (C=O) groups excluding carboxylic acids is 1. The van der Waals surface area contributed by atoms with Gasteiger partial charge in [-0.05, 0) is 12.1 Å². The van der Waals surface area contributed by atoms with Crippen LogP contribution in [0.1, 0.15) is 18.2 Å². The van der Waals surface area contributed by atoms with Crippen LogP contribution in [-0.2, 0) is 9.53 Å². The maximum Gasteiger partial charge on any atom is 0.307 e. The maximum atomic E-state index is 11.1. The lowest BCUT2D eigenvalue weighted by atomic mass is 10.1. The molecule has 0 saturated heterocycles. The summed E-state index contributed by atoms with van der Waals surface area (Å²) in [5.74, 6) is 0.263. The van der Waals surface area contributed by atoms with Crippen molar-refractivity contribution >= 4 is 16.9 Å². The number of carbonyl (C=O) groups is 1. The Kier molecular flexibility index (Phi) is 2.92. The van der Waals surface area contributed by atoms with Gasteiger partial charge in [-0.15, -0.1) is 0 Å². The van der Waals surface area contributed by atoms with E-state index >= 15 is 0 Å². The summed E-state index contributed by atoms with van der Waals surface area (Å²) in [4.78, 5) is 11.1. The fourth-order valence-corrected chi connectivity index (χ4v) is 1.55. The van der Waals surface area contributed by atoms with E-state index in [2.05, 4.69) is 4.74 Å². The molecule has 2 rings (SSSR count). The molecule has 0 unspecified atom stereocenters. The van der Waals surface area contributed by atoms with Crippen molar-refractivity contribution in [1.29, 1.82) is 0 Å². The van der Waals surface area contributed by atoms with Crippen molar-refractivity contribution < 1.29 is 13.9 Å². The highest BCUT2D eigenvalue weighted by atomic mass is 16.5. The van der Waals surface area contributed by atoms with Crippen LogP contribution in [0.15, 0.2) is 34.7 Å². The quantitative estimate of drug-likeness (QED) is 0.802. The number of methoxy groups -OCH3 is 1. The predicted octanol–water partition coefficient (Wildman–Crippen LogP) is 2.00. The van der Waals surface area contributed by atoms with E-state index < -0.39 is 6.04 Å². The van der Waals surface area contributed by atoms with Crippen LogP contribution in [0.25, 0.3) is 11.0 Å². The molecule has 0 spiro atoms. The molecule has 2 aromatic rings. The highest BCUT2D eigenvalue weighted by Gasteiger charge is 2.15. The lowest BCUT2D eigenvalue weighted by molar-refractivity contribution is -0.141. The topological polar surface area (TPSA) is 65.5 Å². The van der Waals surface area contributed by atoms with Crippen LogP contribution in [0.4, 0.5) is 0 Å². The predicted molar refractivity (Wildman–Crippen MR) is 59.8 cm³/mol. The molecule has 4 heteroatoms. The van der Waals surface area contributed by atoms with Gasteiger partial charge < -0.3 is 14.9 Å². The molecule has 1 heterocycles. The zero-order chi connectivity index (χ0) is 11.5. The van der Waals surface area contributed by atoms with Crippen molar-refractivity contribution in [1.82, 2.24) is 0 Å². The number of esters is 1. The number of benzene rings is 1. The van der Waals surface area contributed by atoms with E-state index in [1.54, 1.807) is 0 Å². The van der Waals surface area contributed by atoms with Gasteiger partial charge in [0, 0.05) is 5.39 Å². The SMILES string of the molecule is COC(=O)C[C@@H](N)c1cc2ccccc2o1. The van der Waals surface area contributed by atoms with Crippen molar-refractivity contribution in [3.05, 3.63) is 36.1 Å². The van der Waals surface area contributed by atoms with Crippen LogP contribution in [-0.4, -0.2) is 13.1 Å². The second kappa shape index (κ2) is 4.37. The summed E-state index contributed by atoms with van der Waals surface area (Å²) in [5, 5.41) is 0.984. The van der Waals surface area contributed by atoms with Gasteiger partial charge in [0.25, 0.3) is 0 Å². The molecule has 0 bridgehead atoms. The minimum atomic E-state index is -0.458. The molecule has 2 N–H and O–H groups in total. The second-order valence-electron chi connectivity index (χ2n) is 3.57. The Morgan fingerprint density at radius 2 is 2.25 bits per heavy atom. The first-order valence-electron chi connectivity index (χ1n) is 5.01. The lowest BCUT2D eigenvalue weighted by Crippen LogP contribution is -2.15. The summed E-state index contributed by atoms with van der Waals surface area (Å²) in [6.45, 7) is 0. The molecule has 4 nitrogen and oxygen atoms in total. The Morgan fingerprint density at radius 1 is 1.50 bits per heavy atom. The zero-order valence-corrected chi connectivity index (χ0v) is 8.97. The van der Waals surface area contributed by atoms with E-state index in [1.165, 1.54) is 7.11 Å². The van der Waals surface area contributed by atoms with Crippen LogP contribution in [0.3, 0.4) is 0 Å². The number of hydrogen-bond acceptors (Lipinski definition) is 4. The summed E-state index contributed by atoms with van der Waals surface area (Å²) < 4.78 is 10.1. The molecule has 0 aliphatic rings. The first-order chi connectivity index (χ1) is 7.70. The Hall–Kier alpha value is -1.81. The normalized spacial score (nSPS) is 12.6. The molecule has 84 valence electrons. The average molecular weight is 219 g/mol. The van der Waals surface area contributed by atoms with Crippen LogP contribution in [0, 0.1) is 0 Å². The number of hydrogen-bond donors (Lipinski definition) is 1. The van der Waals surface area contributed by atoms with Crippen molar-refractivity contribution in [3.8, 4) is 0 Å². The van der Waals surface area contributed by atoms with Crippen molar-refractivity contribution in [3.63, 3.8) is 0 Å². The summed E-state index contributed by atoms with van der Waals surface area (Å²) in [7, 11) is 1.34. The summed E-state index contributed by atoms with van der Waals surface area (Å²) >= 11 is 0. The van der Waals surface area contributed by atoms with E-state index in [1.807, 2.05) is 30.3 Å². The number of rotatable bonds is 3.